The van der Waals surface area contributed by atoms with E-state index in [1.54, 1.807) is 0 Å². The van der Waals surface area contributed by atoms with Crippen molar-refractivity contribution < 1.29 is 9.53 Å². The maximum absolute atomic E-state index is 12.1. The predicted octanol–water partition coefficient (Wildman–Crippen LogP) is 4.03. The number of carbonyl (C=O) groups excluding carboxylic acids is 1. The number of hydrogen-bond donors (Lipinski definition) is 1. The minimum atomic E-state index is -0.433. The largest absolute Gasteiger partial charge is 0.465 e. The topological polar surface area (TPSA) is 64.1 Å². The molecule has 0 unspecified atom stereocenters. The van der Waals surface area contributed by atoms with Crippen LogP contribution < -0.4 is 5.32 Å². The van der Waals surface area contributed by atoms with Crippen molar-refractivity contribution in [2.75, 3.05) is 12.4 Å². The van der Waals surface area contributed by atoms with Gasteiger partial charge >= 0.3 is 5.97 Å². The molecular formula is C19H19N3O2. The van der Waals surface area contributed by atoms with E-state index in [2.05, 4.69) is 34.3 Å². The highest BCUT2D eigenvalue weighted by Crippen LogP contribution is 2.29. The van der Waals surface area contributed by atoms with E-state index in [0.717, 1.165) is 23.2 Å². The van der Waals surface area contributed by atoms with Crippen molar-refractivity contribution in [2.45, 2.75) is 20.3 Å². The Balaban J connectivity index is 2.12. The van der Waals surface area contributed by atoms with E-state index >= 15 is 0 Å². The number of hydrogen-bond acceptors (Lipinski definition) is 5. The van der Waals surface area contributed by atoms with Crippen LogP contribution in [0.5, 0.6) is 0 Å². The molecule has 3 aromatic rings. The Hall–Kier alpha value is -2.95. The van der Waals surface area contributed by atoms with E-state index in [0.29, 0.717) is 16.9 Å². The summed E-state index contributed by atoms with van der Waals surface area (Å²) in [6.45, 7) is 4.02. The molecule has 0 saturated carbocycles. The summed E-state index contributed by atoms with van der Waals surface area (Å²) in [7, 11) is 1.36. The molecular weight excluding hydrogens is 302 g/mol. The third kappa shape index (κ3) is 3.06. The summed E-state index contributed by atoms with van der Waals surface area (Å²) < 4.78 is 4.88. The summed E-state index contributed by atoms with van der Waals surface area (Å²) in [5.41, 5.74) is 4.66. The zero-order chi connectivity index (χ0) is 17.1. The van der Waals surface area contributed by atoms with Gasteiger partial charge in [-0.05, 0) is 43.2 Å². The van der Waals surface area contributed by atoms with Gasteiger partial charge in [-0.2, -0.15) is 0 Å². The molecule has 0 aliphatic carbocycles. The minimum absolute atomic E-state index is 0.384. The molecule has 3 rings (SSSR count). The maximum Gasteiger partial charge on any atom is 0.341 e. The lowest BCUT2D eigenvalue weighted by molar-refractivity contribution is 0.0601. The Morgan fingerprint density at radius 3 is 2.58 bits per heavy atom. The van der Waals surface area contributed by atoms with E-state index in [4.69, 9.17) is 4.74 Å². The van der Waals surface area contributed by atoms with Gasteiger partial charge in [-0.15, -0.1) is 0 Å². The third-order valence-corrected chi connectivity index (χ3v) is 3.91. The molecule has 0 saturated heterocycles. The second-order valence-electron chi connectivity index (χ2n) is 5.54. The number of anilines is 2. The van der Waals surface area contributed by atoms with Gasteiger partial charge in [0.1, 0.15) is 5.56 Å². The molecule has 1 N–H and O–H groups in total. The lowest BCUT2D eigenvalue weighted by atomic mass is 10.1. The van der Waals surface area contributed by atoms with Gasteiger partial charge < -0.3 is 10.1 Å². The second kappa shape index (κ2) is 6.66. The van der Waals surface area contributed by atoms with Gasteiger partial charge in [-0.1, -0.05) is 19.1 Å². The fourth-order valence-corrected chi connectivity index (χ4v) is 2.54. The van der Waals surface area contributed by atoms with E-state index in [1.807, 2.05) is 31.2 Å². The molecule has 24 heavy (non-hydrogen) atoms. The Labute approximate surface area is 140 Å². The van der Waals surface area contributed by atoms with Crippen LogP contribution in [0.25, 0.3) is 11.0 Å². The van der Waals surface area contributed by atoms with Crippen molar-refractivity contribution in [1.29, 1.82) is 0 Å². The maximum atomic E-state index is 12.1. The van der Waals surface area contributed by atoms with E-state index in [1.165, 1.54) is 18.9 Å². The highest BCUT2D eigenvalue weighted by Gasteiger charge is 2.17. The lowest BCUT2D eigenvalue weighted by Gasteiger charge is -2.14. The molecule has 5 nitrogen and oxygen atoms in total. The zero-order valence-corrected chi connectivity index (χ0v) is 14.0. The molecule has 5 heteroatoms. The Bertz CT molecular complexity index is 889. The quantitative estimate of drug-likeness (QED) is 0.735. The molecule has 0 amide bonds. The number of fused-ring (bicyclic) bond motifs is 1. The van der Waals surface area contributed by atoms with Crippen LogP contribution in [0.4, 0.5) is 11.4 Å². The van der Waals surface area contributed by atoms with E-state index < -0.39 is 5.97 Å². The van der Waals surface area contributed by atoms with E-state index in [9.17, 15) is 4.79 Å². The number of benzene rings is 1. The van der Waals surface area contributed by atoms with Crippen molar-refractivity contribution in [3.8, 4) is 0 Å². The number of aryl methyl sites for hydroxylation is 2. The molecule has 0 aliphatic rings. The fourth-order valence-electron chi connectivity index (χ4n) is 2.54. The summed E-state index contributed by atoms with van der Waals surface area (Å²) in [5.74, 6) is -0.433. The second-order valence-corrected chi connectivity index (χ2v) is 5.54. The molecule has 122 valence electrons. The number of aromatic nitrogens is 2. The van der Waals surface area contributed by atoms with Crippen LogP contribution in [0, 0.1) is 6.92 Å². The summed E-state index contributed by atoms with van der Waals surface area (Å²) >= 11 is 0. The van der Waals surface area contributed by atoms with Gasteiger partial charge in [0.2, 0.25) is 0 Å². The van der Waals surface area contributed by atoms with Gasteiger partial charge in [0.05, 0.1) is 12.8 Å². The van der Waals surface area contributed by atoms with Crippen LogP contribution in [0.3, 0.4) is 0 Å². The van der Waals surface area contributed by atoms with Crippen molar-refractivity contribution in [2.24, 2.45) is 0 Å². The fraction of sp³-hybridized carbons (Fsp3) is 0.211. The first-order valence-electron chi connectivity index (χ1n) is 7.83. The number of methoxy groups -OCH3 is 1. The molecule has 0 radical (unpaired) electrons. The highest BCUT2D eigenvalue weighted by molar-refractivity contribution is 6.05. The number of nitrogens with zero attached hydrogens (tertiary/aromatic N) is 2. The van der Waals surface area contributed by atoms with Gasteiger partial charge in [-0.25, -0.2) is 14.8 Å². The standard InChI is InChI=1S/C19H19N3O2/c1-4-13-6-8-14(9-7-13)22-17-15-10-5-12(2)21-18(15)20-11-16(17)19(23)24-3/h5-11H,4H2,1-3H3,(H,20,21,22). The number of pyridine rings is 2. The Morgan fingerprint density at radius 1 is 1.17 bits per heavy atom. The molecule has 0 spiro atoms. The molecule has 0 atom stereocenters. The van der Waals surface area contributed by atoms with Crippen LogP contribution in [0.2, 0.25) is 0 Å². The molecule has 2 heterocycles. The van der Waals surface area contributed by atoms with Crippen LogP contribution in [-0.2, 0) is 11.2 Å². The minimum Gasteiger partial charge on any atom is -0.465 e. The summed E-state index contributed by atoms with van der Waals surface area (Å²) in [6, 6.07) is 11.9. The van der Waals surface area contributed by atoms with Crippen LogP contribution in [0.15, 0.2) is 42.6 Å². The molecule has 0 bridgehead atoms. The number of ether oxygens (including phenoxy) is 1. The monoisotopic (exact) mass is 321 g/mol. The molecule has 2 aromatic heterocycles. The van der Waals surface area contributed by atoms with Gasteiger partial charge in [0, 0.05) is 23.0 Å². The SMILES string of the molecule is CCc1ccc(Nc2c(C(=O)OC)cnc3nc(C)ccc23)cc1. The number of esters is 1. The highest BCUT2D eigenvalue weighted by atomic mass is 16.5. The lowest BCUT2D eigenvalue weighted by Crippen LogP contribution is -2.08. The number of carbonyl (C=O) groups is 1. The first-order valence-corrected chi connectivity index (χ1v) is 7.83. The first kappa shape index (κ1) is 15.9. The van der Waals surface area contributed by atoms with Gasteiger partial charge in [0.25, 0.3) is 0 Å². The van der Waals surface area contributed by atoms with Gasteiger partial charge in [0.15, 0.2) is 5.65 Å². The average molecular weight is 321 g/mol. The first-order chi connectivity index (χ1) is 11.6. The van der Waals surface area contributed by atoms with Crippen LogP contribution in [-0.4, -0.2) is 23.0 Å². The third-order valence-electron chi connectivity index (χ3n) is 3.91. The summed E-state index contributed by atoms with van der Waals surface area (Å²) in [6.07, 6.45) is 2.48. The Kier molecular flexibility index (Phi) is 4.42. The normalized spacial score (nSPS) is 10.6. The predicted molar refractivity (Wildman–Crippen MR) is 94.7 cm³/mol. The van der Waals surface area contributed by atoms with Crippen molar-refractivity contribution in [1.82, 2.24) is 9.97 Å². The molecule has 0 aliphatic heterocycles. The molecule has 0 fully saturated rings. The number of nitrogens with one attached hydrogen (secondary N) is 1. The van der Waals surface area contributed by atoms with Gasteiger partial charge in [-0.3, -0.25) is 0 Å². The molecule has 1 aromatic carbocycles. The summed E-state index contributed by atoms with van der Waals surface area (Å²) in [4.78, 5) is 20.8. The number of rotatable bonds is 4. The average Bonchev–Trinajstić information content (AvgIpc) is 2.61. The summed E-state index contributed by atoms with van der Waals surface area (Å²) in [5, 5.41) is 4.10. The smallest absolute Gasteiger partial charge is 0.341 e. The Morgan fingerprint density at radius 2 is 1.92 bits per heavy atom. The van der Waals surface area contributed by atoms with E-state index in [-0.39, 0.29) is 0 Å². The van der Waals surface area contributed by atoms with Crippen molar-refractivity contribution in [3.63, 3.8) is 0 Å². The zero-order valence-electron chi connectivity index (χ0n) is 14.0. The van der Waals surface area contributed by atoms with Crippen molar-refractivity contribution >= 4 is 28.4 Å². The van der Waals surface area contributed by atoms with Crippen LogP contribution in [0.1, 0.15) is 28.5 Å². The van der Waals surface area contributed by atoms with Crippen molar-refractivity contribution in [3.05, 3.63) is 59.4 Å². The van der Waals surface area contributed by atoms with Crippen LogP contribution >= 0.6 is 0 Å².